The van der Waals surface area contributed by atoms with Gasteiger partial charge in [-0.2, -0.15) is 0 Å². The van der Waals surface area contributed by atoms with E-state index in [4.69, 9.17) is 0 Å². The quantitative estimate of drug-likeness (QED) is 0.623. The maximum atomic E-state index is 12.7. The van der Waals surface area contributed by atoms with Gasteiger partial charge in [0.1, 0.15) is 0 Å². The van der Waals surface area contributed by atoms with Crippen LogP contribution in [0.15, 0.2) is 24.3 Å². The van der Waals surface area contributed by atoms with Gasteiger partial charge in [0, 0.05) is 25.6 Å². The lowest BCUT2D eigenvalue weighted by Gasteiger charge is -2.37. The Hall–Kier alpha value is -2.37. The van der Waals surface area contributed by atoms with Gasteiger partial charge in [0.05, 0.1) is 18.6 Å². The van der Waals surface area contributed by atoms with Gasteiger partial charge in [-0.3, -0.25) is 9.59 Å². The van der Waals surface area contributed by atoms with Crippen molar-refractivity contribution in [2.24, 2.45) is 5.92 Å². The van der Waals surface area contributed by atoms with E-state index in [0.29, 0.717) is 37.5 Å². The van der Waals surface area contributed by atoms with Crippen LogP contribution in [0, 0.1) is 5.92 Å². The molecule has 1 aliphatic heterocycles. The molecule has 0 bridgehead atoms. The number of methoxy groups -OCH3 is 1. The van der Waals surface area contributed by atoms with Crippen LogP contribution in [0.3, 0.4) is 0 Å². The van der Waals surface area contributed by atoms with Gasteiger partial charge < -0.3 is 15.0 Å². The molecule has 1 saturated carbocycles. The van der Waals surface area contributed by atoms with Crippen molar-refractivity contribution < 1.29 is 19.1 Å². The summed E-state index contributed by atoms with van der Waals surface area (Å²) < 4.78 is 4.69. The third-order valence-corrected chi connectivity index (χ3v) is 5.92. The van der Waals surface area contributed by atoms with E-state index in [1.165, 1.54) is 32.8 Å². The first-order valence-electron chi connectivity index (χ1n) is 10.3. The fourth-order valence-corrected chi connectivity index (χ4v) is 4.22. The second-order valence-corrected chi connectivity index (χ2v) is 7.83. The molecule has 0 unspecified atom stereocenters. The van der Waals surface area contributed by atoms with Crippen LogP contribution < -0.4 is 5.32 Å². The molecule has 1 N–H and O–H groups in total. The minimum atomic E-state index is -0.374. The van der Waals surface area contributed by atoms with E-state index in [1.807, 2.05) is 17.0 Å². The molecule has 2 amide bonds. The molecule has 3 rings (SSSR count). The van der Waals surface area contributed by atoms with Crippen LogP contribution >= 0.6 is 0 Å². The zero-order valence-corrected chi connectivity index (χ0v) is 16.6. The Morgan fingerprint density at radius 3 is 2.39 bits per heavy atom. The van der Waals surface area contributed by atoms with Gasteiger partial charge in [0.25, 0.3) is 0 Å². The monoisotopic (exact) mass is 386 g/mol. The molecule has 0 spiro atoms. The van der Waals surface area contributed by atoms with E-state index < -0.39 is 0 Å². The highest BCUT2D eigenvalue weighted by Crippen LogP contribution is 2.27. The SMILES string of the molecule is COC(=O)c1ccc(CNC(=O)[C@H]2CCC(=O)N(C3CCCCCC3)C2)cc1. The van der Waals surface area contributed by atoms with Crippen LogP contribution in [0.2, 0.25) is 0 Å². The number of nitrogens with one attached hydrogen (secondary N) is 1. The molecule has 2 fully saturated rings. The van der Waals surface area contributed by atoms with Crippen molar-refractivity contribution in [2.45, 2.75) is 64.0 Å². The second-order valence-electron chi connectivity index (χ2n) is 7.83. The number of carbonyl (C=O) groups excluding carboxylic acids is 3. The summed E-state index contributed by atoms with van der Waals surface area (Å²) >= 11 is 0. The van der Waals surface area contributed by atoms with Crippen molar-refractivity contribution >= 4 is 17.8 Å². The van der Waals surface area contributed by atoms with Crippen LogP contribution in [-0.2, 0) is 20.9 Å². The highest BCUT2D eigenvalue weighted by Gasteiger charge is 2.34. The van der Waals surface area contributed by atoms with Crippen molar-refractivity contribution in [1.82, 2.24) is 10.2 Å². The summed E-state index contributed by atoms with van der Waals surface area (Å²) in [5.41, 5.74) is 1.41. The number of likely N-dealkylation sites (tertiary alicyclic amines) is 1. The molecule has 1 heterocycles. The van der Waals surface area contributed by atoms with Crippen LogP contribution in [0.1, 0.15) is 67.3 Å². The zero-order chi connectivity index (χ0) is 19.9. The first kappa shape index (κ1) is 20.4. The van der Waals surface area contributed by atoms with Crippen LogP contribution in [0.25, 0.3) is 0 Å². The summed E-state index contributed by atoms with van der Waals surface area (Å²) in [6.07, 6.45) is 8.05. The number of hydrogen-bond acceptors (Lipinski definition) is 4. The van der Waals surface area contributed by atoms with Crippen molar-refractivity contribution in [3.8, 4) is 0 Å². The molecule has 152 valence electrons. The fourth-order valence-electron chi connectivity index (χ4n) is 4.22. The number of rotatable bonds is 5. The van der Waals surface area contributed by atoms with Gasteiger partial charge in [-0.25, -0.2) is 4.79 Å². The van der Waals surface area contributed by atoms with E-state index in [-0.39, 0.29) is 23.7 Å². The second kappa shape index (κ2) is 9.71. The van der Waals surface area contributed by atoms with Gasteiger partial charge >= 0.3 is 5.97 Å². The molecule has 1 atom stereocenters. The number of piperidine rings is 1. The Morgan fingerprint density at radius 1 is 1.07 bits per heavy atom. The number of hydrogen-bond donors (Lipinski definition) is 1. The Labute approximate surface area is 166 Å². The first-order chi connectivity index (χ1) is 13.6. The number of carbonyl (C=O) groups is 3. The molecule has 1 aromatic rings. The third-order valence-electron chi connectivity index (χ3n) is 5.92. The van der Waals surface area contributed by atoms with E-state index in [2.05, 4.69) is 10.1 Å². The zero-order valence-electron chi connectivity index (χ0n) is 16.6. The van der Waals surface area contributed by atoms with Crippen molar-refractivity contribution in [2.75, 3.05) is 13.7 Å². The number of nitrogens with zero attached hydrogens (tertiary/aromatic N) is 1. The maximum absolute atomic E-state index is 12.7. The fraction of sp³-hybridized carbons (Fsp3) is 0.591. The molecule has 0 aromatic heterocycles. The summed E-state index contributed by atoms with van der Waals surface area (Å²) in [5, 5.41) is 2.99. The number of amides is 2. The number of ether oxygens (including phenoxy) is 1. The van der Waals surface area contributed by atoms with E-state index >= 15 is 0 Å². The highest BCUT2D eigenvalue weighted by molar-refractivity contribution is 5.89. The van der Waals surface area contributed by atoms with E-state index in [1.54, 1.807) is 12.1 Å². The summed E-state index contributed by atoms with van der Waals surface area (Å²) in [6.45, 7) is 0.949. The Bertz CT molecular complexity index is 693. The first-order valence-corrected chi connectivity index (χ1v) is 10.3. The highest BCUT2D eigenvalue weighted by atomic mass is 16.5. The van der Waals surface area contributed by atoms with Crippen LogP contribution in [0.4, 0.5) is 0 Å². The van der Waals surface area contributed by atoms with E-state index in [9.17, 15) is 14.4 Å². The predicted octanol–water partition coefficient (Wildman–Crippen LogP) is 3.05. The molecule has 1 saturated heterocycles. The number of esters is 1. The maximum Gasteiger partial charge on any atom is 0.337 e. The van der Waals surface area contributed by atoms with Gasteiger partial charge in [-0.05, 0) is 37.0 Å². The van der Waals surface area contributed by atoms with E-state index in [0.717, 1.165) is 18.4 Å². The normalized spacial score (nSPS) is 21.1. The third kappa shape index (κ3) is 5.12. The van der Waals surface area contributed by atoms with Crippen LogP contribution in [0.5, 0.6) is 0 Å². The van der Waals surface area contributed by atoms with Gasteiger partial charge in [0.2, 0.25) is 11.8 Å². The molecular weight excluding hydrogens is 356 g/mol. The average molecular weight is 386 g/mol. The summed E-state index contributed by atoms with van der Waals surface area (Å²) in [4.78, 5) is 38.6. The van der Waals surface area contributed by atoms with Gasteiger partial charge in [-0.15, -0.1) is 0 Å². The van der Waals surface area contributed by atoms with Crippen molar-refractivity contribution in [3.63, 3.8) is 0 Å². The Balaban J connectivity index is 1.53. The van der Waals surface area contributed by atoms with Gasteiger partial charge in [0.15, 0.2) is 0 Å². The standard InChI is InChI=1S/C22H30N2O4/c1-28-22(27)17-10-8-16(9-11-17)14-23-21(26)18-12-13-20(25)24(15-18)19-6-4-2-3-5-7-19/h8-11,18-19H,2-7,12-15H2,1H3,(H,23,26)/t18-/m0/s1. The lowest BCUT2D eigenvalue weighted by atomic mass is 9.93. The summed E-state index contributed by atoms with van der Waals surface area (Å²) in [5.74, 6) is -0.311. The Kier molecular flexibility index (Phi) is 7.06. The van der Waals surface area contributed by atoms with Crippen LogP contribution in [-0.4, -0.2) is 42.4 Å². The van der Waals surface area contributed by atoms with Gasteiger partial charge in [-0.1, -0.05) is 37.8 Å². The Morgan fingerprint density at radius 2 is 1.75 bits per heavy atom. The molecular formula is C22H30N2O4. The largest absolute Gasteiger partial charge is 0.465 e. The minimum Gasteiger partial charge on any atom is -0.465 e. The smallest absolute Gasteiger partial charge is 0.337 e. The minimum absolute atomic E-state index is 0.00293. The molecule has 2 aliphatic rings. The topological polar surface area (TPSA) is 75.7 Å². The summed E-state index contributed by atoms with van der Waals surface area (Å²) in [6, 6.07) is 7.32. The molecule has 0 radical (unpaired) electrons. The molecule has 1 aliphatic carbocycles. The molecule has 6 heteroatoms. The lowest BCUT2D eigenvalue weighted by molar-refractivity contribution is -0.141. The molecule has 1 aromatic carbocycles. The number of benzene rings is 1. The molecule has 6 nitrogen and oxygen atoms in total. The van der Waals surface area contributed by atoms with Crippen molar-refractivity contribution in [1.29, 1.82) is 0 Å². The predicted molar refractivity (Wildman–Crippen MR) is 106 cm³/mol. The summed E-state index contributed by atoms with van der Waals surface area (Å²) in [7, 11) is 1.35. The lowest BCUT2D eigenvalue weighted by Crippen LogP contribution is -2.49. The average Bonchev–Trinajstić information content (AvgIpc) is 3.01. The molecule has 28 heavy (non-hydrogen) atoms. The van der Waals surface area contributed by atoms with Crippen molar-refractivity contribution in [3.05, 3.63) is 35.4 Å².